The minimum atomic E-state index is -0.833. The van der Waals surface area contributed by atoms with Crippen LogP contribution in [0, 0.1) is 4.78 Å². The molecule has 0 bridgehead atoms. The van der Waals surface area contributed by atoms with Gasteiger partial charge in [0.15, 0.2) is 0 Å². The van der Waals surface area contributed by atoms with E-state index in [4.69, 9.17) is 14.7 Å². The smallest absolute Gasteiger partial charge is 0.300 e. The topological polar surface area (TPSA) is 174 Å². The van der Waals surface area contributed by atoms with Gasteiger partial charge in [0.25, 0.3) is 5.97 Å². The van der Waals surface area contributed by atoms with E-state index in [0.717, 1.165) is 6.92 Å². The Hall–Kier alpha value is -2.14. The maximum absolute atomic E-state index is 9.70. The van der Waals surface area contributed by atoms with Gasteiger partial charge in [-0.3, -0.25) is 19.2 Å². The van der Waals surface area contributed by atoms with Gasteiger partial charge in [0.05, 0.1) is 0 Å². The number of carbonyl (C=O) groups is 4. The molecule has 0 saturated carbocycles. The highest BCUT2D eigenvalue weighted by molar-refractivity contribution is 7.45. The van der Waals surface area contributed by atoms with Crippen LogP contribution < -0.4 is 21.7 Å². The van der Waals surface area contributed by atoms with Crippen molar-refractivity contribution in [3.63, 3.8) is 0 Å². The van der Waals surface area contributed by atoms with Crippen molar-refractivity contribution in [1.29, 1.82) is 4.78 Å². The molecule has 0 aliphatic heterocycles. The number of carboxylic acids is 1. The van der Waals surface area contributed by atoms with Gasteiger partial charge in [0.1, 0.15) is 0 Å². The summed E-state index contributed by atoms with van der Waals surface area (Å²) in [7, 11) is 6.30. The Morgan fingerprint density at radius 1 is 0.720 bits per heavy atom. The lowest BCUT2D eigenvalue weighted by Crippen LogP contribution is -2.11. The summed E-state index contributed by atoms with van der Waals surface area (Å²) in [5, 5.41) is 14.6. The summed E-state index contributed by atoms with van der Waals surface area (Å²) in [5.74, 6) is -0.819. The molecule has 0 aliphatic carbocycles. The summed E-state index contributed by atoms with van der Waals surface area (Å²) in [4.78, 5) is 38.1. The Morgan fingerprint density at radius 2 is 0.760 bits per heavy atom. The van der Waals surface area contributed by atoms with E-state index in [1.54, 1.807) is 21.1 Å². The first-order valence-electron chi connectivity index (χ1n) is 6.07. The molecule has 0 unspecified atom stereocenters. The largest absolute Gasteiger partial charge is 0.481 e. The fourth-order valence-electron chi connectivity index (χ4n) is 0. The van der Waals surface area contributed by atoms with Crippen molar-refractivity contribution in [1.82, 2.24) is 16.0 Å². The van der Waals surface area contributed by atoms with Crippen molar-refractivity contribution in [3.8, 4) is 0 Å². The maximum Gasteiger partial charge on any atom is 0.300 e. The summed E-state index contributed by atoms with van der Waals surface area (Å²) >= 11 is 3.33. The Morgan fingerprint density at radius 3 is 0.760 bits per heavy atom. The molecular weight excluding hydrogens is 350 g/mol. The zero-order valence-corrected chi connectivity index (χ0v) is 15.9. The standard InChI is InChI=1S/3C3H7NO.C2H4O2.CH5N.2CH4.HNS/c3*1-3(5)4-2;1-2(3)4;1-2;;;1-2/h3*1-2H3,(H,4,5);1H3,(H,3,4);2H2,1H3;2*1H4;1H. The second-order valence-electron chi connectivity index (χ2n) is 2.94. The molecule has 7 N–H and O–H groups in total. The monoisotopic (exact) mass is 389 g/mol. The Kier molecular flexibility index (Phi) is 114. The van der Waals surface area contributed by atoms with Gasteiger partial charge < -0.3 is 26.8 Å². The van der Waals surface area contributed by atoms with Crippen molar-refractivity contribution >= 4 is 36.1 Å². The predicted octanol–water partition coefficient (Wildman–Crippen LogP) is 0.491. The second kappa shape index (κ2) is 57.5. The van der Waals surface area contributed by atoms with E-state index in [1.807, 2.05) is 0 Å². The van der Waals surface area contributed by atoms with E-state index in [9.17, 15) is 14.4 Å². The Balaban J connectivity index is -0.0000000235. The summed E-state index contributed by atoms with van der Waals surface area (Å²) < 4.78 is 5.33. The van der Waals surface area contributed by atoms with Crippen molar-refractivity contribution in [3.05, 3.63) is 0 Å². The molecule has 25 heavy (non-hydrogen) atoms. The van der Waals surface area contributed by atoms with E-state index in [1.165, 1.54) is 27.8 Å². The summed E-state index contributed by atoms with van der Waals surface area (Å²) in [6, 6.07) is 0. The van der Waals surface area contributed by atoms with Crippen LogP contribution in [0.15, 0.2) is 0 Å². The van der Waals surface area contributed by atoms with Crippen LogP contribution in [0.5, 0.6) is 0 Å². The number of hydrogen-bond acceptors (Lipinski definition) is 7. The van der Waals surface area contributed by atoms with Crippen LogP contribution in [0.4, 0.5) is 0 Å². The molecule has 0 saturated heterocycles. The normalized spacial score (nSPS) is 5.48. The molecule has 3 amide bonds. The van der Waals surface area contributed by atoms with Crippen molar-refractivity contribution < 1.29 is 24.3 Å². The van der Waals surface area contributed by atoms with Crippen molar-refractivity contribution in [2.75, 3.05) is 28.2 Å². The summed E-state index contributed by atoms with van der Waals surface area (Å²) in [6.45, 7) is 5.50. The van der Waals surface area contributed by atoms with E-state index < -0.39 is 5.97 Å². The van der Waals surface area contributed by atoms with Gasteiger partial charge in [-0.25, -0.2) is 4.78 Å². The van der Waals surface area contributed by atoms with Gasteiger partial charge in [-0.1, -0.05) is 14.9 Å². The molecule has 0 fully saturated rings. The molecule has 0 aromatic heterocycles. The molecule has 156 valence electrons. The number of amides is 3. The average Bonchev–Trinajstić information content (AvgIpc) is 2.51. The van der Waals surface area contributed by atoms with Gasteiger partial charge in [-0.2, -0.15) is 0 Å². The molecule has 0 spiro atoms. The highest BCUT2D eigenvalue weighted by Gasteiger charge is 1.73. The van der Waals surface area contributed by atoms with Gasteiger partial charge in [-0.15, -0.1) is 0 Å². The van der Waals surface area contributed by atoms with E-state index in [2.05, 4.69) is 34.1 Å². The van der Waals surface area contributed by atoms with Crippen LogP contribution in [-0.2, 0) is 31.6 Å². The third-order valence-electron chi connectivity index (χ3n) is 1.06. The number of carbonyl (C=O) groups excluding carboxylic acids is 3. The molecular formula is C14H39N5O5S. The Bertz CT molecular complexity index is 256. The molecule has 10 nitrogen and oxygen atoms in total. The average molecular weight is 390 g/mol. The minimum Gasteiger partial charge on any atom is -0.481 e. The summed E-state index contributed by atoms with van der Waals surface area (Å²) in [5.41, 5.74) is 4.50. The quantitative estimate of drug-likeness (QED) is 0.349. The fourth-order valence-corrected chi connectivity index (χ4v) is 0. The maximum atomic E-state index is 9.70. The third-order valence-corrected chi connectivity index (χ3v) is 1.06. The zero-order valence-electron chi connectivity index (χ0n) is 15.1. The zero-order chi connectivity index (χ0) is 20.4. The number of nitrogens with two attached hydrogens (primary N) is 1. The van der Waals surface area contributed by atoms with Crippen molar-refractivity contribution in [2.45, 2.75) is 42.5 Å². The first-order valence-corrected chi connectivity index (χ1v) is 6.48. The van der Waals surface area contributed by atoms with Crippen LogP contribution in [0.1, 0.15) is 42.5 Å². The van der Waals surface area contributed by atoms with Gasteiger partial charge in [-0.05, 0) is 7.05 Å². The van der Waals surface area contributed by atoms with Crippen LogP contribution in [-0.4, -0.2) is 57.0 Å². The van der Waals surface area contributed by atoms with E-state index in [-0.39, 0.29) is 32.6 Å². The highest BCUT2D eigenvalue weighted by Crippen LogP contribution is 1.46. The lowest BCUT2D eigenvalue weighted by Gasteiger charge is -1.80. The lowest BCUT2D eigenvalue weighted by molar-refractivity contribution is -0.134. The third kappa shape index (κ3) is 579. The fraction of sp³-hybridized carbons (Fsp3) is 0.714. The van der Waals surface area contributed by atoms with Gasteiger partial charge >= 0.3 is 0 Å². The molecule has 0 aliphatic rings. The summed E-state index contributed by atoms with van der Waals surface area (Å²) in [6.07, 6.45) is 0. The molecule has 0 aromatic carbocycles. The molecule has 11 heteroatoms. The lowest BCUT2D eigenvalue weighted by atomic mass is 10.7. The van der Waals surface area contributed by atoms with Crippen LogP contribution in [0.25, 0.3) is 0 Å². The van der Waals surface area contributed by atoms with E-state index >= 15 is 0 Å². The van der Waals surface area contributed by atoms with Crippen LogP contribution >= 0.6 is 0 Å². The first-order chi connectivity index (χ1) is 10.5. The van der Waals surface area contributed by atoms with Crippen LogP contribution in [0.2, 0.25) is 0 Å². The molecule has 0 heterocycles. The molecule has 0 atom stereocenters. The first kappa shape index (κ1) is 49.5. The SMILES string of the molecule is C.C.CC(=O)O.CN.CNC(C)=O.CNC(C)=O.CNC(C)=O.N=S. The molecule has 0 aromatic rings. The second-order valence-corrected chi connectivity index (χ2v) is 2.94. The Labute approximate surface area is 158 Å². The van der Waals surface area contributed by atoms with E-state index in [0.29, 0.717) is 0 Å². The highest BCUT2D eigenvalue weighted by atomic mass is 32.1. The number of hydrogen-bond donors (Lipinski definition) is 6. The number of rotatable bonds is 0. The minimum absolute atomic E-state index is 0. The predicted molar refractivity (Wildman–Crippen MR) is 106 cm³/mol. The van der Waals surface area contributed by atoms with Crippen LogP contribution in [0.3, 0.4) is 0 Å². The van der Waals surface area contributed by atoms with Gasteiger partial charge in [0.2, 0.25) is 17.7 Å². The number of carboxylic acid groups (broad SMARTS) is 1. The van der Waals surface area contributed by atoms with Gasteiger partial charge in [0, 0.05) is 61.3 Å². The number of nitrogens with one attached hydrogen (secondary N) is 4. The molecule has 0 rings (SSSR count). The molecule has 0 radical (unpaired) electrons. The van der Waals surface area contributed by atoms with Crippen molar-refractivity contribution in [2.24, 2.45) is 5.73 Å². The number of aliphatic carboxylic acids is 1.